The van der Waals surface area contributed by atoms with Gasteiger partial charge in [-0.3, -0.25) is 52.7 Å². The topological polar surface area (TPSA) is 289 Å². The Labute approximate surface area is 426 Å². The van der Waals surface area contributed by atoms with Crippen LogP contribution in [0, 0.1) is 0 Å². The highest BCUT2D eigenvalue weighted by Crippen LogP contribution is 1.88. The molecule has 0 fully saturated rings. The van der Waals surface area contributed by atoms with Crippen molar-refractivity contribution in [3.05, 3.63) is 0 Å². The molecule has 71 heavy (non-hydrogen) atoms. The fourth-order valence-corrected chi connectivity index (χ4v) is 2.49. The summed E-state index contributed by atoms with van der Waals surface area (Å²) in [5.41, 5.74) is 0. The molecule has 0 unspecified atom stereocenters. The van der Waals surface area contributed by atoms with Gasteiger partial charge in [0.2, 0.25) is 0 Å². The van der Waals surface area contributed by atoms with Gasteiger partial charge in [-0.2, -0.15) is 0 Å². The van der Waals surface area contributed by atoms with Gasteiger partial charge in [-0.05, 0) is 54.4 Å². The second kappa shape index (κ2) is 88.0. The average molecular weight is 1040 g/mol. The van der Waals surface area contributed by atoms with Crippen LogP contribution in [-0.4, -0.2) is 174 Å². The summed E-state index contributed by atoms with van der Waals surface area (Å²) in [6, 6.07) is 0. The van der Waals surface area contributed by atoms with Crippen LogP contribution in [0.25, 0.3) is 0 Å². The van der Waals surface area contributed by atoms with E-state index in [2.05, 4.69) is 47.4 Å². The van der Waals surface area contributed by atoms with E-state index >= 15 is 0 Å². The average Bonchev–Trinajstić information content (AvgIpc) is 3.32. The molecule has 0 atom stereocenters. The summed E-state index contributed by atoms with van der Waals surface area (Å²) < 4.78 is 48.8. The van der Waals surface area contributed by atoms with Gasteiger partial charge in [-0.1, -0.05) is 41.5 Å². The molecule has 0 saturated heterocycles. The predicted molar refractivity (Wildman–Crippen MR) is 270 cm³/mol. The van der Waals surface area contributed by atoms with Crippen LogP contribution in [-0.2, 0) is 105 Å². The molecule has 0 aromatic rings. The molecule has 0 N–H and O–H groups in total. The van der Waals surface area contributed by atoms with Crippen LogP contribution in [0.5, 0.6) is 0 Å². The normalized spacial score (nSPS) is 8.25. The third kappa shape index (κ3) is 170. The Balaban J connectivity index is -0.0000000620. The predicted octanol–water partition coefficient (Wildman–Crippen LogP) is 6.48. The number of carbonyl (C=O) groups excluding carboxylic acids is 11. The number of methoxy groups -OCH3 is 8. The molecule has 0 bridgehead atoms. The van der Waals surface area contributed by atoms with Crippen LogP contribution >= 0.6 is 0 Å². The highest BCUT2D eigenvalue weighted by molar-refractivity contribution is 5.79. The summed E-state index contributed by atoms with van der Waals surface area (Å²) in [7, 11) is 11.6. The smallest absolute Gasteiger partial charge is 0.305 e. The molecule has 0 aliphatic carbocycles. The maximum absolute atomic E-state index is 10.3. The maximum atomic E-state index is 10.3. The van der Waals surface area contributed by atoms with Crippen molar-refractivity contribution in [2.24, 2.45) is 0 Å². The molecular weight excluding hydrogens is 941 g/mol. The number of hydrogen-bond acceptors (Lipinski definition) is 22. The van der Waals surface area contributed by atoms with Crippen LogP contribution in [0.3, 0.4) is 0 Å². The van der Waals surface area contributed by atoms with E-state index in [4.69, 9.17) is 4.74 Å². The Morgan fingerprint density at radius 3 is 0.606 bits per heavy atom. The molecule has 0 aromatic carbocycles. The largest absolute Gasteiger partial charge is 0.469 e. The number of hydrogen-bond donors (Lipinski definition) is 0. The number of carbonyl (C=O) groups is 11. The molecule has 426 valence electrons. The fraction of sp³-hybridized carbons (Fsp3) is 0.776. The summed E-state index contributed by atoms with van der Waals surface area (Å²) in [5.74, 6) is -0.452. The van der Waals surface area contributed by atoms with Gasteiger partial charge >= 0.3 is 35.8 Å². The van der Waals surface area contributed by atoms with E-state index in [1.54, 1.807) is 27.7 Å². The van der Waals surface area contributed by atoms with E-state index in [1.165, 1.54) is 91.5 Å². The van der Waals surface area contributed by atoms with E-state index in [0.29, 0.717) is 58.3 Å². The van der Waals surface area contributed by atoms with Crippen LogP contribution < -0.4 is 0 Å². The molecule has 0 spiro atoms. The number of Topliss-reactive ketones (excluding diaryl/α,β-unsaturated/α-hetero) is 5. The number of rotatable bonds is 21. The first-order chi connectivity index (χ1) is 33.2. The molecule has 0 heterocycles. The standard InChI is InChI=1S/5C5H10O2.6C4H8O2/c2*1-3-5(6)4-7-2;1-3-7-4-5(2)6;2*1-3-4-5(6)7-2;2*1-4(5)3-6-2;2*1-3-4(5)6-2;2*1-3-6-4(2)5/h5*3-4H2,1-2H3;6*3H2,1-2H3. The minimum atomic E-state index is -0.211. The molecule has 0 rings (SSSR count). The zero-order valence-corrected chi connectivity index (χ0v) is 47.8. The van der Waals surface area contributed by atoms with Crippen molar-refractivity contribution in [3.8, 4) is 0 Å². The summed E-state index contributed by atoms with van der Waals surface area (Å²) >= 11 is 0. The summed E-state index contributed by atoms with van der Waals surface area (Å²) in [6.07, 6.45) is 4.90. The lowest BCUT2D eigenvalue weighted by molar-refractivity contribution is -0.141. The minimum Gasteiger partial charge on any atom is -0.469 e. The zero-order chi connectivity index (χ0) is 58.4. The first kappa shape index (κ1) is 92.2. The van der Waals surface area contributed by atoms with Crippen molar-refractivity contribution in [1.29, 1.82) is 0 Å². The van der Waals surface area contributed by atoms with Crippen molar-refractivity contribution < 1.29 is 105 Å². The Kier molecular flexibility index (Phi) is 114. The van der Waals surface area contributed by atoms with Gasteiger partial charge in [-0.15, -0.1) is 0 Å². The molecule has 0 aliphatic heterocycles. The molecule has 0 saturated carbocycles. The molecule has 0 aliphatic rings. The second-order valence-corrected chi connectivity index (χ2v) is 12.6. The van der Waals surface area contributed by atoms with Crippen molar-refractivity contribution in [3.63, 3.8) is 0 Å². The third-order valence-electron chi connectivity index (χ3n) is 5.70. The minimum absolute atomic E-state index is 0.0671. The Bertz CT molecular complexity index is 1070. The highest BCUT2D eigenvalue weighted by Gasteiger charge is 1.95. The SMILES string of the molecule is CCC(=O)COC.CCC(=O)COC.CCC(=O)OC.CCC(=O)OC.CCCC(=O)OC.CCCC(=O)OC.CCOC(C)=O.CCOC(C)=O.CCOCC(C)=O.COCC(C)=O.COCC(C)=O. The lowest BCUT2D eigenvalue weighted by Gasteiger charge is -1.91. The fourth-order valence-electron chi connectivity index (χ4n) is 2.49. The summed E-state index contributed by atoms with van der Waals surface area (Å²) in [5, 5.41) is 0. The summed E-state index contributed by atoms with van der Waals surface area (Å²) in [4.78, 5) is 110. The molecule has 0 amide bonds. The van der Waals surface area contributed by atoms with Gasteiger partial charge in [0.15, 0.2) is 28.9 Å². The van der Waals surface area contributed by atoms with Crippen LogP contribution in [0.2, 0.25) is 0 Å². The number of esters is 6. The van der Waals surface area contributed by atoms with Crippen LogP contribution in [0.1, 0.15) is 148 Å². The van der Waals surface area contributed by atoms with Crippen molar-refractivity contribution in [2.45, 2.75) is 148 Å². The van der Waals surface area contributed by atoms with E-state index < -0.39 is 0 Å². The van der Waals surface area contributed by atoms with Crippen LogP contribution in [0.4, 0.5) is 0 Å². The molecular formula is C49H98O22. The monoisotopic (exact) mass is 1040 g/mol. The van der Waals surface area contributed by atoms with E-state index in [9.17, 15) is 52.7 Å². The molecule has 22 heteroatoms. The van der Waals surface area contributed by atoms with Crippen LogP contribution in [0.15, 0.2) is 0 Å². The lowest BCUT2D eigenvalue weighted by atomic mass is 10.3. The van der Waals surface area contributed by atoms with Gasteiger partial charge in [0, 0.05) is 87.4 Å². The zero-order valence-electron chi connectivity index (χ0n) is 47.8. The lowest BCUT2D eigenvalue weighted by Crippen LogP contribution is -2.03. The second-order valence-electron chi connectivity index (χ2n) is 12.6. The first-order valence-electron chi connectivity index (χ1n) is 22.8. The van der Waals surface area contributed by atoms with Gasteiger partial charge in [0.1, 0.15) is 33.0 Å². The molecule has 0 radical (unpaired) electrons. The van der Waals surface area contributed by atoms with E-state index in [1.807, 2.05) is 34.6 Å². The van der Waals surface area contributed by atoms with Gasteiger partial charge in [0.05, 0.1) is 41.7 Å². The Hall–Kier alpha value is -5.03. The molecule has 22 nitrogen and oxygen atoms in total. The summed E-state index contributed by atoms with van der Waals surface area (Å²) in [6.45, 7) is 26.6. The first-order valence-corrected chi connectivity index (χ1v) is 22.8. The van der Waals surface area contributed by atoms with Crippen molar-refractivity contribution in [1.82, 2.24) is 0 Å². The Morgan fingerprint density at radius 2 is 0.563 bits per heavy atom. The third-order valence-corrected chi connectivity index (χ3v) is 5.70. The van der Waals surface area contributed by atoms with Gasteiger partial charge < -0.3 is 52.1 Å². The van der Waals surface area contributed by atoms with E-state index in [0.717, 1.165) is 12.8 Å². The van der Waals surface area contributed by atoms with Gasteiger partial charge in [-0.25, -0.2) is 0 Å². The molecule has 0 aromatic heterocycles. The van der Waals surface area contributed by atoms with Crippen molar-refractivity contribution >= 4 is 64.7 Å². The number of ketones is 5. The quantitative estimate of drug-likeness (QED) is 0.0878. The van der Waals surface area contributed by atoms with E-state index in [-0.39, 0.29) is 97.8 Å². The van der Waals surface area contributed by atoms with Gasteiger partial charge in [0.25, 0.3) is 0 Å². The maximum Gasteiger partial charge on any atom is 0.305 e. The van der Waals surface area contributed by atoms with Crippen molar-refractivity contribution in [2.75, 3.05) is 110 Å². The number of ether oxygens (including phenoxy) is 11. The highest BCUT2D eigenvalue weighted by atomic mass is 16.5. The Morgan fingerprint density at radius 1 is 0.310 bits per heavy atom.